The third-order valence-electron chi connectivity index (χ3n) is 2.44. The van der Waals surface area contributed by atoms with Crippen molar-refractivity contribution in [1.82, 2.24) is 5.32 Å². The first-order chi connectivity index (χ1) is 6.27. The molecule has 2 atom stereocenters. The summed E-state index contributed by atoms with van der Waals surface area (Å²) in [5.74, 6) is 2.21. The fourth-order valence-corrected chi connectivity index (χ4v) is 1.60. The van der Waals surface area contributed by atoms with Gasteiger partial charge >= 0.3 is 0 Å². The second-order valence-electron chi connectivity index (χ2n) is 3.55. The van der Waals surface area contributed by atoms with Gasteiger partial charge < -0.3 is 9.73 Å². The Morgan fingerprint density at radius 3 is 3.23 bits per heavy atom. The van der Waals surface area contributed by atoms with Crippen molar-refractivity contribution in [3.63, 3.8) is 0 Å². The smallest absolute Gasteiger partial charge is 0.216 e. The molecule has 13 heavy (non-hydrogen) atoms. The monoisotopic (exact) mass is 179 g/mol. The summed E-state index contributed by atoms with van der Waals surface area (Å²) in [7, 11) is 0. The van der Waals surface area contributed by atoms with Gasteiger partial charge in [-0.25, -0.2) is 0 Å². The SMILES string of the molecule is CC(=O)NC[C@@H]1C[C@H]1c1ccco1. The van der Waals surface area contributed by atoms with Gasteiger partial charge in [0.25, 0.3) is 0 Å². The number of carbonyl (C=O) groups excluding carboxylic acids is 1. The minimum absolute atomic E-state index is 0.0464. The van der Waals surface area contributed by atoms with E-state index >= 15 is 0 Å². The predicted octanol–water partition coefficient (Wildman–Crippen LogP) is 1.52. The highest BCUT2D eigenvalue weighted by molar-refractivity contribution is 5.72. The number of nitrogens with one attached hydrogen (secondary N) is 1. The van der Waals surface area contributed by atoms with Gasteiger partial charge in [0.1, 0.15) is 5.76 Å². The first-order valence-electron chi connectivity index (χ1n) is 4.55. The van der Waals surface area contributed by atoms with Crippen LogP contribution in [0, 0.1) is 5.92 Å². The minimum Gasteiger partial charge on any atom is -0.469 e. The maximum absolute atomic E-state index is 10.6. The van der Waals surface area contributed by atoms with Crippen LogP contribution in [0.15, 0.2) is 22.8 Å². The van der Waals surface area contributed by atoms with Crippen molar-refractivity contribution in [2.75, 3.05) is 6.54 Å². The van der Waals surface area contributed by atoms with Crippen LogP contribution in [0.5, 0.6) is 0 Å². The Labute approximate surface area is 77.1 Å². The van der Waals surface area contributed by atoms with Gasteiger partial charge in [-0.3, -0.25) is 4.79 Å². The molecule has 0 aliphatic heterocycles. The lowest BCUT2D eigenvalue weighted by Crippen LogP contribution is -2.22. The van der Waals surface area contributed by atoms with Gasteiger partial charge in [-0.1, -0.05) is 0 Å². The van der Waals surface area contributed by atoms with Crippen molar-refractivity contribution in [2.45, 2.75) is 19.3 Å². The van der Waals surface area contributed by atoms with Gasteiger partial charge in [0, 0.05) is 19.4 Å². The summed E-state index contributed by atoms with van der Waals surface area (Å²) in [6, 6.07) is 3.90. The van der Waals surface area contributed by atoms with Gasteiger partial charge in [-0.05, 0) is 24.5 Å². The largest absolute Gasteiger partial charge is 0.469 e. The van der Waals surface area contributed by atoms with Crippen molar-refractivity contribution in [3.05, 3.63) is 24.2 Å². The lowest BCUT2D eigenvalue weighted by Gasteiger charge is -1.98. The maximum atomic E-state index is 10.6. The van der Waals surface area contributed by atoms with E-state index in [4.69, 9.17) is 4.42 Å². The van der Waals surface area contributed by atoms with Gasteiger partial charge in [0.15, 0.2) is 0 Å². The third kappa shape index (κ3) is 1.91. The van der Waals surface area contributed by atoms with E-state index in [-0.39, 0.29) is 5.91 Å². The van der Waals surface area contributed by atoms with E-state index in [1.807, 2.05) is 12.1 Å². The number of hydrogen-bond acceptors (Lipinski definition) is 2. The van der Waals surface area contributed by atoms with Crippen LogP contribution in [-0.4, -0.2) is 12.5 Å². The fourth-order valence-electron chi connectivity index (χ4n) is 1.60. The highest BCUT2D eigenvalue weighted by atomic mass is 16.3. The summed E-state index contributed by atoms with van der Waals surface area (Å²) in [6.07, 6.45) is 2.83. The Morgan fingerprint density at radius 1 is 1.77 bits per heavy atom. The van der Waals surface area contributed by atoms with Crippen molar-refractivity contribution in [3.8, 4) is 0 Å². The zero-order valence-electron chi connectivity index (χ0n) is 7.62. The molecule has 70 valence electrons. The summed E-state index contributed by atoms with van der Waals surface area (Å²) in [5.41, 5.74) is 0. The molecule has 0 spiro atoms. The van der Waals surface area contributed by atoms with Crippen LogP contribution >= 0.6 is 0 Å². The molecule has 1 aliphatic carbocycles. The van der Waals surface area contributed by atoms with E-state index in [9.17, 15) is 4.79 Å². The molecule has 2 rings (SSSR count). The minimum atomic E-state index is 0.0464. The Kier molecular flexibility index (Phi) is 2.08. The molecule has 0 radical (unpaired) electrons. The molecule has 1 aromatic rings. The Balaban J connectivity index is 1.80. The maximum Gasteiger partial charge on any atom is 0.216 e. The second kappa shape index (κ2) is 3.24. The predicted molar refractivity (Wildman–Crippen MR) is 48.2 cm³/mol. The summed E-state index contributed by atoms with van der Waals surface area (Å²) >= 11 is 0. The number of rotatable bonds is 3. The van der Waals surface area contributed by atoms with E-state index in [2.05, 4.69) is 5.32 Å². The van der Waals surface area contributed by atoms with Gasteiger partial charge in [0.05, 0.1) is 6.26 Å². The molecule has 1 heterocycles. The zero-order chi connectivity index (χ0) is 9.26. The molecule has 3 nitrogen and oxygen atoms in total. The van der Waals surface area contributed by atoms with Crippen LogP contribution in [0.2, 0.25) is 0 Å². The third-order valence-corrected chi connectivity index (χ3v) is 2.44. The number of amides is 1. The van der Waals surface area contributed by atoms with Gasteiger partial charge in [-0.15, -0.1) is 0 Å². The molecule has 0 saturated heterocycles. The lowest BCUT2D eigenvalue weighted by atomic mass is 10.2. The van der Waals surface area contributed by atoms with Gasteiger partial charge in [-0.2, -0.15) is 0 Å². The number of hydrogen-bond donors (Lipinski definition) is 1. The van der Waals surface area contributed by atoms with Crippen LogP contribution in [0.1, 0.15) is 25.0 Å². The molecule has 1 aliphatic rings. The fraction of sp³-hybridized carbons (Fsp3) is 0.500. The molecule has 0 aromatic carbocycles. The van der Waals surface area contributed by atoms with E-state index in [0.29, 0.717) is 11.8 Å². The first kappa shape index (κ1) is 8.35. The molecular formula is C10H13NO2. The van der Waals surface area contributed by atoms with E-state index in [1.165, 1.54) is 0 Å². The van der Waals surface area contributed by atoms with Crippen LogP contribution < -0.4 is 5.32 Å². The van der Waals surface area contributed by atoms with Crippen molar-refractivity contribution in [2.24, 2.45) is 5.92 Å². The molecule has 1 N–H and O–H groups in total. The van der Waals surface area contributed by atoms with Crippen molar-refractivity contribution < 1.29 is 9.21 Å². The van der Waals surface area contributed by atoms with E-state index in [1.54, 1.807) is 13.2 Å². The number of furan rings is 1. The zero-order valence-corrected chi connectivity index (χ0v) is 7.62. The molecule has 0 unspecified atom stereocenters. The lowest BCUT2D eigenvalue weighted by molar-refractivity contribution is -0.119. The molecule has 1 amide bonds. The first-order valence-corrected chi connectivity index (χ1v) is 4.55. The van der Waals surface area contributed by atoms with Crippen molar-refractivity contribution in [1.29, 1.82) is 0 Å². The molecule has 1 fully saturated rings. The topological polar surface area (TPSA) is 42.2 Å². The average molecular weight is 179 g/mol. The summed E-state index contributed by atoms with van der Waals surface area (Å²) in [6.45, 7) is 2.32. The van der Waals surface area contributed by atoms with Crippen LogP contribution in [0.4, 0.5) is 0 Å². The highest BCUT2D eigenvalue weighted by Crippen LogP contribution is 2.46. The molecular weight excluding hydrogens is 166 g/mol. The molecule has 1 saturated carbocycles. The summed E-state index contributed by atoms with van der Waals surface area (Å²) in [5, 5.41) is 2.82. The summed E-state index contributed by atoms with van der Waals surface area (Å²) in [4.78, 5) is 10.6. The van der Waals surface area contributed by atoms with Crippen LogP contribution in [-0.2, 0) is 4.79 Å². The Hall–Kier alpha value is -1.25. The van der Waals surface area contributed by atoms with E-state index in [0.717, 1.165) is 18.7 Å². The normalized spacial score (nSPS) is 25.6. The Bertz CT molecular complexity index is 292. The average Bonchev–Trinajstić information content (AvgIpc) is 2.66. The molecule has 0 bridgehead atoms. The second-order valence-corrected chi connectivity index (χ2v) is 3.55. The highest BCUT2D eigenvalue weighted by Gasteiger charge is 2.40. The van der Waals surface area contributed by atoms with Crippen LogP contribution in [0.3, 0.4) is 0 Å². The Morgan fingerprint density at radius 2 is 2.62 bits per heavy atom. The standard InChI is InChI=1S/C10H13NO2/c1-7(12)11-6-8-5-9(8)10-3-2-4-13-10/h2-4,8-9H,5-6H2,1H3,(H,11,12)/t8-,9+/m0/s1. The molecule has 1 aromatic heterocycles. The van der Waals surface area contributed by atoms with Gasteiger partial charge in [0.2, 0.25) is 5.91 Å². The van der Waals surface area contributed by atoms with Crippen LogP contribution in [0.25, 0.3) is 0 Å². The van der Waals surface area contributed by atoms with Crippen molar-refractivity contribution >= 4 is 5.91 Å². The molecule has 3 heteroatoms. The number of carbonyl (C=O) groups is 1. The quantitative estimate of drug-likeness (QED) is 0.764. The summed E-state index contributed by atoms with van der Waals surface area (Å²) < 4.78 is 5.28. The van der Waals surface area contributed by atoms with E-state index < -0.39 is 0 Å².